The first kappa shape index (κ1) is 31.5. The standard InChI is InChI=1S/C8H9NO4S.C8H9NO2S.C7H6ClNO2/c1-5-3-6(8(10)11)4-7(9-5)14(2,12)13;1-5-3-6(8(10)11)4-7(9-5)12-2;1-4-2-5(7(10)11)3-6(8)9-4/h3-4H,1-2H3,(H,10,11);3-4H,1-2H3,(H,10,11);2-3H,1H3,(H,10,11). The van der Waals surface area contributed by atoms with Gasteiger partial charge in [0.1, 0.15) is 5.15 Å². The number of aromatic nitrogens is 3. The molecule has 198 valence electrons. The number of hydrogen-bond donors (Lipinski definition) is 3. The molecule has 0 spiro atoms. The zero-order valence-electron chi connectivity index (χ0n) is 20.4. The molecule has 0 aliphatic heterocycles. The molecule has 3 rings (SSSR count). The molecule has 0 saturated heterocycles. The second kappa shape index (κ2) is 13.7. The number of pyridine rings is 3. The van der Waals surface area contributed by atoms with Gasteiger partial charge < -0.3 is 15.3 Å². The highest BCUT2D eigenvalue weighted by atomic mass is 35.5. The van der Waals surface area contributed by atoms with E-state index in [1.807, 2.05) is 6.26 Å². The molecule has 0 aliphatic rings. The van der Waals surface area contributed by atoms with Gasteiger partial charge in [-0.25, -0.2) is 37.8 Å². The summed E-state index contributed by atoms with van der Waals surface area (Å²) in [5, 5.41) is 26.7. The van der Waals surface area contributed by atoms with Gasteiger partial charge in [0.2, 0.25) is 0 Å². The van der Waals surface area contributed by atoms with Crippen LogP contribution in [-0.2, 0) is 9.84 Å². The molecule has 3 aromatic rings. The maximum atomic E-state index is 11.1. The maximum Gasteiger partial charge on any atom is 0.335 e. The Bertz CT molecular complexity index is 1410. The van der Waals surface area contributed by atoms with Crippen molar-refractivity contribution in [2.45, 2.75) is 30.8 Å². The Balaban J connectivity index is 0.000000280. The Kier molecular flexibility index (Phi) is 11.6. The number of carbonyl (C=O) groups is 3. The number of aryl methyl sites for hydroxylation is 3. The summed E-state index contributed by atoms with van der Waals surface area (Å²) in [4.78, 5) is 43.3. The van der Waals surface area contributed by atoms with E-state index in [1.165, 1.54) is 30.0 Å². The molecule has 11 nitrogen and oxygen atoms in total. The van der Waals surface area contributed by atoms with Crippen LogP contribution in [0.15, 0.2) is 46.5 Å². The third-order valence-electron chi connectivity index (χ3n) is 4.11. The third kappa shape index (κ3) is 10.9. The van der Waals surface area contributed by atoms with E-state index in [1.54, 1.807) is 32.9 Å². The molecule has 0 amide bonds. The average molecular weight is 570 g/mol. The number of hydrogen-bond acceptors (Lipinski definition) is 9. The van der Waals surface area contributed by atoms with Crippen molar-refractivity contribution >= 4 is 51.1 Å². The van der Waals surface area contributed by atoms with Crippen LogP contribution < -0.4 is 0 Å². The molecule has 3 N–H and O–H groups in total. The predicted octanol–water partition coefficient (Wildman–Crippen LogP) is 4.04. The van der Waals surface area contributed by atoms with Gasteiger partial charge in [0, 0.05) is 23.3 Å². The fourth-order valence-electron chi connectivity index (χ4n) is 2.57. The van der Waals surface area contributed by atoms with Gasteiger partial charge in [0.25, 0.3) is 0 Å². The van der Waals surface area contributed by atoms with Crippen molar-refractivity contribution in [1.29, 1.82) is 0 Å². The van der Waals surface area contributed by atoms with E-state index in [9.17, 15) is 22.8 Å². The molecule has 0 bridgehead atoms. The van der Waals surface area contributed by atoms with Gasteiger partial charge in [-0.15, -0.1) is 11.8 Å². The molecular weight excluding hydrogens is 546 g/mol. The molecule has 0 radical (unpaired) electrons. The molecule has 14 heteroatoms. The topological polar surface area (TPSA) is 185 Å². The van der Waals surface area contributed by atoms with Gasteiger partial charge >= 0.3 is 17.9 Å². The summed E-state index contributed by atoms with van der Waals surface area (Å²) in [5.74, 6) is -3.06. The monoisotopic (exact) mass is 569 g/mol. The minimum absolute atomic E-state index is 0.0714. The molecule has 0 unspecified atom stereocenters. The van der Waals surface area contributed by atoms with E-state index < -0.39 is 27.7 Å². The van der Waals surface area contributed by atoms with Gasteiger partial charge in [-0.1, -0.05) is 11.6 Å². The van der Waals surface area contributed by atoms with Crippen LogP contribution in [0, 0.1) is 20.8 Å². The van der Waals surface area contributed by atoms with Crippen molar-refractivity contribution in [1.82, 2.24) is 15.0 Å². The predicted molar refractivity (Wildman–Crippen MR) is 138 cm³/mol. The van der Waals surface area contributed by atoms with Crippen molar-refractivity contribution in [3.8, 4) is 0 Å². The van der Waals surface area contributed by atoms with Crippen LogP contribution in [0.3, 0.4) is 0 Å². The Hall–Kier alpha value is -3.55. The highest BCUT2D eigenvalue weighted by molar-refractivity contribution is 7.98. The summed E-state index contributed by atoms with van der Waals surface area (Å²) in [6.45, 7) is 5.02. The number of nitrogens with zero attached hydrogens (tertiary/aromatic N) is 3. The van der Waals surface area contributed by atoms with Crippen LogP contribution in [0.25, 0.3) is 0 Å². The fraction of sp³-hybridized carbons (Fsp3) is 0.217. The van der Waals surface area contributed by atoms with E-state index in [0.29, 0.717) is 17.0 Å². The number of aromatic carboxylic acids is 3. The molecule has 3 heterocycles. The summed E-state index contributed by atoms with van der Waals surface area (Å²) in [5.41, 5.74) is 2.10. The largest absolute Gasteiger partial charge is 0.478 e. The first-order chi connectivity index (χ1) is 17.0. The molecular formula is C23H24ClN3O8S2. The molecule has 0 atom stereocenters. The van der Waals surface area contributed by atoms with Crippen molar-refractivity contribution < 1.29 is 38.1 Å². The normalized spacial score (nSPS) is 10.3. The number of halogens is 1. The van der Waals surface area contributed by atoms with Crippen LogP contribution in [-0.4, -0.2) is 69.1 Å². The van der Waals surface area contributed by atoms with Gasteiger partial charge in [-0.05, 0) is 63.4 Å². The smallest absolute Gasteiger partial charge is 0.335 e. The Morgan fingerprint density at radius 1 is 0.730 bits per heavy atom. The number of sulfone groups is 1. The highest BCUT2D eigenvalue weighted by Crippen LogP contribution is 2.15. The second-order valence-electron chi connectivity index (χ2n) is 7.38. The van der Waals surface area contributed by atoms with E-state index in [2.05, 4.69) is 15.0 Å². The molecule has 0 aliphatic carbocycles. The molecule has 37 heavy (non-hydrogen) atoms. The lowest BCUT2D eigenvalue weighted by molar-refractivity contribution is 0.0685. The second-order valence-corrected chi connectivity index (χ2v) is 10.6. The van der Waals surface area contributed by atoms with Crippen LogP contribution in [0.4, 0.5) is 0 Å². The highest BCUT2D eigenvalue weighted by Gasteiger charge is 2.13. The first-order valence-electron chi connectivity index (χ1n) is 10.1. The summed E-state index contributed by atoms with van der Waals surface area (Å²) >= 11 is 6.96. The van der Waals surface area contributed by atoms with E-state index in [4.69, 9.17) is 26.9 Å². The molecule has 0 saturated carbocycles. The van der Waals surface area contributed by atoms with Crippen LogP contribution >= 0.6 is 23.4 Å². The van der Waals surface area contributed by atoms with Crippen molar-refractivity contribution in [3.05, 3.63) is 75.3 Å². The minimum atomic E-state index is -3.46. The molecule has 3 aromatic heterocycles. The van der Waals surface area contributed by atoms with Crippen molar-refractivity contribution in [3.63, 3.8) is 0 Å². The average Bonchev–Trinajstić information content (AvgIpc) is 2.77. The minimum Gasteiger partial charge on any atom is -0.478 e. The third-order valence-corrected chi connectivity index (χ3v) is 5.90. The summed E-state index contributed by atoms with van der Waals surface area (Å²) < 4.78 is 22.2. The zero-order chi connectivity index (χ0) is 28.5. The van der Waals surface area contributed by atoms with Gasteiger partial charge in [-0.3, -0.25) is 0 Å². The van der Waals surface area contributed by atoms with Crippen molar-refractivity contribution in [2.24, 2.45) is 0 Å². The Morgan fingerprint density at radius 2 is 1.14 bits per heavy atom. The summed E-state index contributed by atoms with van der Waals surface area (Å²) in [6, 6.07) is 8.27. The van der Waals surface area contributed by atoms with E-state index in [0.717, 1.165) is 23.0 Å². The lowest BCUT2D eigenvalue weighted by atomic mass is 10.2. The van der Waals surface area contributed by atoms with Crippen LogP contribution in [0.2, 0.25) is 5.15 Å². The van der Waals surface area contributed by atoms with E-state index in [-0.39, 0.29) is 21.3 Å². The zero-order valence-corrected chi connectivity index (χ0v) is 22.8. The first-order valence-corrected chi connectivity index (χ1v) is 13.6. The maximum absolute atomic E-state index is 11.1. The van der Waals surface area contributed by atoms with Crippen molar-refractivity contribution in [2.75, 3.05) is 12.5 Å². The molecule has 0 fully saturated rings. The number of rotatable bonds is 5. The van der Waals surface area contributed by atoms with Gasteiger partial charge in [0.05, 0.1) is 21.7 Å². The fourth-order valence-corrected chi connectivity index (χ4v) is 3.95. The molecule has 0 aromatic carbocycles. The van der Waals surface area contributed by atoms with Crippen LogP contribution in [0.5, 0.6) is 0 Å². The number of thioether (sulfide) groups is 1. The SMILES string of the molecule is CSc1cc(C(=O)O)cc(C)n1.Cc1cc(C(=O)O)cc(Cl)n1.Cc1cc(C(=O)O)cc(S(C)(=O)=O)n1. The Labute approximate surface area is 222 Å². The quantitative estimate of drug-likeness (QED) is 0.296. The number of carboxylic acids is 3. The summed E-state index contributed by atoms with van der Waals surface area (Å²) in [7, 11) is -3.46. The van der Waals surface area contributed by atoms with Gasteiger partial charge in [-0.2, -0.15) is 0 Å². The summed E-state index contributed by atoms with van der Waals surface area (Å²) in [6.07, 6.45) is 2.85. The van der Waals surface area contributed by atoms with Gasteiger partial charge in [0.15, 0.2) is 14.9 Å². The lowest BCUT2D eigenvalue weighted by Gasteiger charge is -2.01. The van der Waals surface area contributed by atoms with E-state index >= 15 is 0 Å². The van der Waals surface area contributed by atoms with Crippen LogP contribution in [0.1, 0.15) is 48.2 Å². The Morgan fingerprint density at radius 3 is 1.54 bits per heavy atom. The lowest BCUT2D eigenvalue weighted by Crippen LogP contribution is -2.06. The number of carboxylic acid groups (broad SMARTS) is 3.